The zero-order valence-electron chi connectivity index (χ0n) is 12.8. The van der Waals surface area contributed by atoms with E-state index in [-0.39, 0.29) is 18.4 Å². The third-order valence-electron chi connectivity index (χ3n) is 3.06. The quantitative estimate of drug-likeness (QED) is 0.353. The van der Waals surface area contributed by atoms with Gasteiger partial charge in [0.25, 0.3) is 0 Å². The smallest absolute Gasteiger partial charge is 0.244 e. The van der Waals surface area contributed by atoms with E-state index in [0.717, 1.165) is 11.1 Å². The molecule has 122 valence electrons. The van der Waals surface area contributed by atoms with Crippen LogP contribution in [0.3, 0.4) is 0 Å². The maximum Gasteiger partial charge on any atom is 0.244 e. The monoisotopic (exact) mass is 324 g/mol. The molecule has 0 saturated carbocycles. The molecule has 0 aliphatic heterocycles. The second-order valence-corrected chi connectivity index (χ2v) is 4.79. The van der Waals surface area contributed by atoms with Gasteiger partial charge in [-0.15, -0.1) is 0 Å². The molecule has 0 aromatic heterocycles. The van der Waals surface area contributed by atoms with Gasteiger partial charge >= 0.3 is 0 Å². The van der Waals surface area contributed by atoms with Crippen molar-refractivity contribution in [2.24, 2.45) is 5.11 Å². The number of amides is 1. The lowest BCUT2D eigenvalue weighted by Crippen LogP contribution is -2.20. The summed E-state index contributed by atoms with van der Waals surface area (Å²) in [4.78, 5) is 14.4. The Bertz CT molecular complexity index is 748. The van der Waals surface area contributed by atoms with Crippen LogP contribution >= 0.6 is 0 Å². The van der Waals surface area contributed by atoms with Crippen LogP contribution in [-0.4, -0.2) is 17.7 Å². The van der Waals surface area contributed by atoms with Gasteiger partial charge in [0.1, 0.15) is 11.5 Å². The standard InChI is InChI=1S/C17H16N4O3/c18-21-20-12-24-16-8-3-14(4-9-16)11-19-17(23)10-5-13-1-6-15(22)7-2-13/h1-10,22H,11-12H2,(H,19,23)/b10-5+. The van der Waals surface area contributed by atoms with Gasteiger partial charge in [-0.3, -0.25) is 4.79 Å². The van der Waals surface area contributed by atoms with Crippen LogP contribution in [0, 0.1) is 0 Å². The van der Waals surface area contributed by atoms with Crippen LogP contribution in [0.4, 0.5) is 0 Å². The number of nitrogens with one attached hydrogen (secondary N) is 1. The van der Waals surface area contributed by atoms with Gasteiger partial charge in [-0.1, -0.05) is 29.4 Å². The fraction of sp³-hybridized carbons (Fsp3) is 0.118. The molecule has 2 N–H and O–H groups in total. The molecule has 1 amide bonds. The average Bonchev–Trinajstić information content (AvgIpc) is 2.61. The summed E-state index contributed by atoms with van der Waals surface area (Å²) in [6.07, 6.45) is 3.10. The Balaban J connectivity index is 1.80. The second kappa shape index (κ2) is 8.87. The number of carbonyl (C=O) groups excluding carboxylic acids is 1. The average molecular weight is 324 g/mol. The molecule has 0 unspecified atom stereocenters. The second-order valence-electron chi connectivity index (χ2n) is 4.79. The van der Waals surface area contributed by atoms with Gasteiger partial charge < -0.3 is 15.2 Å². The summed E-state index contributed by atoms with van der Waals surface area (Å²) in [5, 5.41) is 15.2. The van der Waals surface area contributed by atoms with E-state index in [1.165, 1.54) is 6.08 Å². The number of hydrogen-bond donors (Lipinski definition) is 2. The molecule has 0 heterocycles. The lowest BCUT2D eigenvalue weighted by Gasteiger charge is -2.05. The van der Waals surface area contributed by atoms with Crippen molar-refractivity contribution in [1.29, 1.82) is 0 Å². The molecule has 2 rings (SSSR count). The Morgan fingerprint density at radius 1 is 1.21 bits per heavy atom. The number of hydrogen-bond acceptors (Lipinski definition) is 4. The van der Waals surface area contributed by atoms with Gasteiger partial charge in [0, 0.05) is 17.5 Å². The first-order chi connectivity index (χ1) is 11.7. The molecule has 0 atom stereocenters. The Kier molecular flexibility index (Phi) is 6.25. The summed E-state index contributed by atoms with van der Waals surface area (Å²) in [6, 6.07) is 13.7. The maximum atomic E-state index is 11.8. The Labute approximate surface area is 138 Å². The van der Waals surface area contributed by atoms with Crippen LogP contribution in [0.2, 0.25) is 0 Å². The van der Waals surface area contributed by atoms with Crippen LogP contribution < -0.4 is 10.1 Å². The third kappa shape index (κ3) is 5.75. The van der Waals surface area contributed by atoms with Crippen LogP contribution in [0.1, 0.15) is 11.1 Å². The van der Waals surface area contributed by atoms with E-state index in [0.29, 0.717) is 12.3 Å². The van der Waals surface area contributed by atoms with Crippen molar-refractivity contribution >= 4 is 12.0 Å². The summed E-state index contributed by atoms with van der Waals surface area (Å²) < 4.78 is 5.19. The molecule has 2 aromatic rings. The highest BCUT2D eigenvalue weighted by Gasteiger charge is 1.98. The molecule has 2 aromatic carbocycles. The largest absolute Gasteiger partial charge is 0.508 e. The lowest BCUT2D eigenvalue weighted by molar-refractivity contribution is -0.116. The first kappa shape index (κ1) is 16.9. The summed E-state index contributed by atoms with van der Waals surface area (Å²) in [7, 11) is 0. The van der Waals surface area contributed by atoms with Crippen LogP contribution in [0.15, 0.2) is 59.7 Å². The van der Waals surface area contributed by atoms with E-state index < -0.39 is 0 Å². The van der Waals surface area contributed by atoms with Crippen molar-refractivity contribution in [2.45, 2.75) is 6.54 Å². The van der Waals surface area contributed by atoms with Crippen molar-refractivity contribution in [3.8, 4) is 11.5 Å². The molecule has 0 aliphatic rings. The lowest BCUT2D eigenvalue weighted by atomic mass is 10.2. The highest BCUT2D eigenvalue weighted by molar-refractivity contribution is 5.91. The fourth-order valence-electron chi connectivity index (χ4n) is 1.84. The van der Waals surface area contributed by atoms with Crippen LogP contribution in [0.25, 0.3) is 16.5 Å². The van der Waals surface area contributed by atoms with Crippen LogP contribution in [-0.2, 0) is 11.3 Å². The van der Waals surface area contributed by atoms with Gasteiger partial charge in [-0.25, -0.2) is 0 Å². The Morgan fingerprint density at radius 3 is 2.58 bits per heavy atom. The molecule has 0 saturated heterocycles. The van der Waals surface area contributed by atoms with Crippen molar-refractivity contribution in [3.05, 3.63) is 76.2 Å². The van der Waals surface area contributed by atoms with Gasteiger partial charge in [0.15, 0.2) is 6.73 Å². The Hall–Kier alpha value is -3.44. The van der Waals surface area contributed by atoms with Crippen molar-refractivity contribution in [1.82, 2.24) is 5.32 Å². The predicted molar refractivity (Wildman–Crippen MR) is 90.1 cm³/mol. The minimum atomic E-state index is -0.216. The van der Waals surface area contributed by atoms with Crippen molar-refractivity contribution in [3.63, 3.8) is 0 Å². The predicted octanol–water partition coefficient (Wildman–Crippen LogP) is 3.37. The Morgan fingerprint density at radius 2 is 1.92 bits per heavy atom. The first-order valence-electron chi connectivity index (χ1n) is 7.15. The van der Waals surface area contributed by atoms with Crippen molar-refractivity contribution < 1.29 is 14.6 Å². The highest BCUT2D eigenvalue weighted by atomic mass is 16.5. The first-order valence-corrected chi connectivity index (χ1v) is 7.15. The minimum Gasteiger partial charge on any atom is -0.508 e. The number of rotatable bonds is 7. The molecular weight excluding hydrogens is 308 g/mol. The van der Waals surface area contributed by atoms with Gasteiger partial charge in [0.05, 0.1) is 0 Å². The third-order valence-corrected chi connectivity index (χ3v) is 3.06. The molecule has 24 heavy (non-hydrogen) atoms. The normalized spacial score (nSPS) is 10.2. The van der Waals surface area contributed by atoms with E-state index in [4.69, 9.17) is 10.3 Å². The van der Waals surface area contributed by atoms with Crippen molar-refractivity contribution in [2.75, 3.05) is 6.73 Å². The van der Waals surface area contributed by atoms with E-state index in [1.807, 2.05) is 12.1 Å². The molecule has 0 spiro atoms. The molecule has 0 aliphatic carbocycles. The van der Waals surface area contributed by atoms with E-state index in [9.17, 15) is 9.90 Å². The van der Waals surface area contributed by atoms with E-state index >= 15 is 0 Å². The van der Waals surface area contributed by atoms with Crippen LogP contribution in [0.5, 0.6) is 11.5 Å². The summed E-state index contributed by atoms with van der Waals surface area (Å²) >= 11 is 0. The number of nitrogens with zero attached hydrogens (tertiary/aromatic N) is 3. The molecule has 0 radical (unpaired) electrons. The van der Waals surface area contributed by atoms with Gasteiger partial charge in [0.2, 0.25) is 5.91 Å². The molecule has 7 heteroatoms. The number of phenols is 1. The summed E-state index contributed by atoms with van der Waals surface area (Å²) in [5.74, 6) is 0.555. The summed E-state index contributed by atoms with van der Waals surface area (Å²) in [5.41, 5.74) is 9.90. The van der Waals surface area contributed by atoms with E-state index in [1.54, 1.807) is 42.5 Å². The number of aromatic hydroxyl groups is 1. The zero-order valence-corrected chi connectivity index (χ0v) is 12.8. The summed E-state index contributed by atoms with van der Waals surface area (Å²) in [6.45, 7) is 0.323. The van der Waals surface area contributed by atoms with E-state index in [2.05, 4.69) is 15.3 Å². The highest BCUT2D eigenvalue weighted by Crippen LogP contribution is 2.12. The number of carbonyl (C=O) groups is 1. The zero-order chi connectivity index (χ0) is 17.2. The number of benzene rings is 2. The molecule has 0 bridgehead atoms. The molecule has 0 fully saturated rings. The fourth-order valence-corrected chi connectivity index (χ4v) is 1.84. The minimum absolute atomic E-state index is 0.0609. The SMILES string of the molecule is [N-]=[N+]=NCOc1ccc(CNC(=O)/C=C/c2ccc(O)cc2)cc1. The number of azide groups is 1. The van der Waals surface area contributed by atoms with Gasteiger partial charge in [-0.05, 0) is 47.0 Å². The number of ether oxygens (including phenoxy) is 1. The molecule has 7 nitrogen and oxygen atoms in total. The topological polar surface area (TPSA) is 107 Å². The number of phenolic OH excluding ortho intramolecular Hbond substituents is 1. The molecular formula is C17H16N4O3. The maximum absolute atomic E-state index is 11.8. The van der Waals surface area contributed by atoms with Gasteiger partial charge in [-0.2, -0.15) is 0 Å².